The molecule has 0 heteroatoms. The van der Waals surface area contributed by atoms with Gasteiger partial charge in [-0.1, -0.05) is 50.6 Å². The zero-order valence-electron chi connectivity index (χ0n) is 9.09. The number of allylic oxidation sites excluding steroid dienone is 1. The molecule has 0 nitrogen and oxygen atoms in total. The predicted molar refractivity (Wildman–Crippen MR) is 62.5 cm³/mol. The lowest BCUT2D eigenvalue weighted by atomic mass is 9.96. The van der Waals surface area contributed by atoms with Crippen molar-refractivity contribution in [1.29, 1.82) is 0 Å². The summed E-state index contributed by atoms with van der Waals surface area (Å²) < 4.78 is 0. The molecule has 0 aromatic heterocycles. The van der Waals surface area contributed by atoms with E-state index in [1.54, 1.807) is 0 Å². The molecule has 0 saturated carbocycles. The molecule has 0 spiro atoms. The normalized spacial score (nSPS) is 18.6. The van der Waals surface area contributed by atoms with Crippen LogP contribution < -0.4 is 0 Å². The number of aryl methyl sites for hydroxylation is 1. The third-order valence-electron chi connectivity index (χ3n) is 3.07. The van der Waals surface area contributed by atoms with E-state index in [0.717, 1.165) is 0 Å². The van der Waals surface area contributed by atoms with E-state index in [9.17, 15) is 0 Å². The molecule has 1 atom stereocenters. The van der Waals surface area contributed by atoms with Gasteiger partial charge in [0.05, 0.1) is 0 Å². The second-order valence-corrected chi connectivity index (χ2v) is 4.17. The fourth-order valence-electron chi connectivity index (χ4n) is 2.16. The molecule has 0 N–H and O–H groups in total. The van der Waals surface area contributed by atoms with Crippen molar-refractivity contribution in [3.63, 3.8) is 0 Å². The molecular weight excluding hydrogens is 168 g/mol. The van der Waals surface area contributed by atoms with Crippen molar-refractivity contribution < 1.29 is 0 Å². The van der Waals surface area contributed by atoms with Crippen LogP contribution >= 0.6 is 0 Å². The van der Waals surface area contributed by atoms with Crippen molar-refractivity contribution >= 4 is 6.08 Å². The molecule has 0 fully saturated rings. The van der Waals surface area contributed by atoms with Gasteiger partial charge in [-0.05, 0) is 35.4 Å². The molecule has 2 rings (SSSR count). The molecule has 1 aliphatic carbocycles. The minimum absolute atomic E-state index is 0.617. The molecule has 14 heavy (non-hydrogen) atoms. The third kappa shape index (κ3) is 1.61. The SMILES string of the molecule is CCCCc1cccc2c1C=CC2C. The smallest absolute Gasteiger partial charge is 0.000107 e. The maximum atomic E-state index is 2.31. The van der Waals surface area contributed by atoms with Gasteiger partial charge in [0.2, 0.25) is 0 Å². The Labute approximate surface area is 86.7 Å². The maximum Gasteiger partial charge on any atom is -0.000107 e. The average Bonchev–Trinajstić information content (AvgIpc) is 2.58. The van der Waals surface area contributed by atoms with Gasteiger partial charge in [0.25, 0.3) is 0 Å². The Morgan fingerprint density at radius 1 is 1.29 bits per heavy atom. The van der Waals surface area contributed by atoms with E-state index < -0.39 is 0 Å². The van der Waals surface area contributed by atoms with Crippen LogP contribution in [-0.2, 0) is 6.42 Å². The van der Waals surface area contributed by atoms with Crippen molar-refractivity contribution in [1.82, 2.24) is 0 Å². The van der Waals surface area contributed by atoms with Crippen LogP contribution in [0.15, 0.2) is 24.3 Å². The lowest BCUT2D eigenvalue weighted by Gasteiger charge is -2.09. The molecule has 1 aromatic rings. The zero-order valence-corrected chi connectivity index (χ0v) is 9.09. The number of benzene rings is 1. The van der Waals surface area contributed by atoms with Crippen LogP contribution in [0.5, 0.6) is 0 Å². The fraction of sp³-hybridized carbons (Fsp3) is 0.429. The number of hydrogen-bond acceptors (Lipinski definition) is 0. The molecule has 0 saturated heterocycles. The van der Waals surface area contributed by atoms with Crippen LogP contribution in [-0.4, -0.2) is 0 Å². The lowest BCUT2D eigenvalue weighted by Crippen LogP contribution is -1.93. The summed E-state index contributed by atoms with van der Waals surface area (Å²) in [5, 5.41) is 0. The largest absolute Gasteiger partial charge is 0.0767 e. The Morgan fingerprint density at radius 2 is 2.14 bits per heavy atom. The topological polar surface area (TPSA) is 0 Å². The number of rotatable bonds is 3. The minimum atomic E-state index is 0.617. The van der Waals surface area contributed by atoms with Gasteiger partial charge in [-0.15, -0.1) is 0 Å². The molecule has 0 radical (unpaired) electrons. The van der Waals surface area contributed by atoms with Gasteiger partial charge in [-0.2, -0.15) is 0 Å². The Kier molecular flexibility index (Phi) is 2.72. The Balaban J connectivity index is 2.29. The summed E-state index contributed by atoms with van der Waals surface area (Å²) in [4.78, 5) is 0. The first kappa shape index (κ1) is 9.51. The summed E-state index contributed by atoms with van der Waals surface area (Å²) in [7, 11) is 0. The van der Waals surface area contributed by atoms with E-state index in [1.165, 1.54) is 36.0 Å². The van der Waals surface area contributed by atoms with Gasteiger partial charge in [0.1, 0.15) is 0 Å². The Morgan fingerprint density at radius 3 is 2.93 bits per heavy atom. The van der Waals surface area contributed by atoms with Gasteiger partial charge in [-0.25, -0.2) is 0 Å². The van der Waals surface area contributed by atoms with Gasteiger partial charge >= 0.3 is 0 Å². The minimum Gasteiger partial charge on any atom is -0.0767 e. The molecule has 1 unspecified atom stereocenters. The van der Waals surface area contributed by atoms with Crippen LogP contribution in [0.2, 0.25) is 0 Å². The summed E-state index contributed by atoms with van der Waals surface area (Å²) in [6.07, 6.45) is 8.42. The second-order valence-electron chi connectivity index (χ2n) is 4.17. The van der Waals surface area contributed by atoms with E-state index in [1.807, 2.05) is 0 Å². The first-order valence-electron chi connectivity index (χ1n) is 5.63. The van der Waals surface area contributed by atoms with E-state index >= 15 is 0 Å². The fourth-order valence-corrected chi connectivity index (χ4v) is 2.16. The lowest BCUT2D eigenvalue weighted by molar-refractivity contribution is 0.792. The van der Waals surface area contributed by atoms with Crippen LogP contribution in [0.4, 0.5) is 0 Å². The highest BCUT2D eigenvalue weighted by atomic mass is 14.2. The number of unbranched alkanes of at least 4 members (excludes halogenated alkanes) is 1. The van der Waals surface area contributed by atoms with Crippen LogP contribution in [0.25, 0.3) is 6.08 Å². The Hall–Kier alpha value is -1.04. The van der Waals surface area contributed by atoms with Crippen LogP contribution in [0, 0.1) is 0 Å². The number of fused-ring (bicyclic) bond motifs is 1. The quantitative estimate of drug-likeness (QED) is 0.665. The average molecular weight is 186 g/mol. The highest BCUT2D eigenvalue weighted by molar-refractivity contribution is 5.65. The summed E-state index contributed by atoms with van der Waals surface area (Å²) in [6.45, 7) is 4.52. The predicted octanol–water partition coefficient (Wildman–Crippen LogP) is 4.16. The molecule has 0 heterocycles. The van der Waals surface area contributed by atoms with E-state index in [-0.39, 0.29) is 0 Å². The third-order valence-corrected chi connectivity index (χ3v) is 3.07. The summed E-state index contributed by atoms with van der Waals surface area (Å²) >= 11 is 0. The van der Waals surface area contributed by atoms with E-state index in [2.05, 4.69) is 44.2 Å². The van der Waals surface area contributed by atoms with Crippen molar-refractivity contribution in [2.75, 3.05) is 0 Å². The van der Waals surface area contributed by atoms with Crippen molar-refractivity contribution in [2.45, 2.75) is 39.0 Å². The zero-order chi connectivity index (χ0) is 9.97. The van der Waals surface area contributed by atoms with Crippen molar-refractivity contribution in [2.24, 2.45) is 0 Å². The molecule has 1 aromatic carbocycles. The van der Waals surface area contributed by atoms with Gasteiger partial charge in [-0.3, -0.25) is 0 Å². The van der Waals surface area contributed by atoms with Crippen LogP contribution in [0.3, 0.4) is 0 Å². The number of hydrogen-bond donors (Lipinski definition) is 0. The van der Waals surface area contributed by atoms with Gasteiger partial charge < -0.3 is 0 Å². The molecule has 0 amide bonds. The highest BCUT2D eigenvalue weighted by Gasteiger charge is 2.14. The summed E-state index contributed by atoms with van der Waals surface area (Å²) in [5.41, 5.74) is 4.54. The standard InChI is InChI=1S/C14H18/c1-3-4-6-12-7-5-8-13-11(2)9-10-14(12)13/h5,7-11H,3-4,6H2,1-2H3. The highest BCUT2D eigenvalue weighted by Crippen LogP contribution is 2.32. The molecule has 1 aliphatic rings. The van der Waals surface area contributed by atoms with Gasteiger partial charge in [0.15, 0.2) is 0 Å². The Bertz CT molecular complexity index is 347. The first-order chi connectivity index (χ1) is 6.83. The maximum absolute atomic E-state index is 2.31. The van der Waals surface area contributed by atoms with Gasteiger partial charge in [0, 0.05) is 0 Å². The van der Waals surface area contributed by atoms with Crippen molar-refractivity contribution in [3.05, 3.63) is 41.0 Å². The van der Waals surface area contributed by atoms with Crippen molar-refractivity contribution in [3.8, 4) is 0 Å². The van der Waals surface area contributed by atoms with E-state index in [0.29, 0.717) is 5.92 Å². The first-order valence-corrected chi connectivity index (χ1v) is 5.63. The summed E-state index contributed by atoms with van der Waals surface area (Å²) in [5.74, 6) is 0.617. The van der Waals surface area contributed by atoms with E-state index in [4.69, 9.17) is 0 Å². The second kappa shape index (κ2) is 4.00. The monoisotopic (exact) mass is 186 g/mol. The molecular formula is C14H18. The van der Waals surface area contributed by atoms with Crippen LogP contribution in [0.1, 0.15) is 49.3 Å². The molecule has 0 aliphatic heterocycles. The summed E-state index contributed by atoms with van der Waals surface area (Å²) in [6, 6.07) is 6.74. The molecule has 74 valence electrons. The molecule has 0 bridgehead atoms.